The Kier molecular flexibility index (Phi) is 14.4. The van der Waals surface area contributed by atoms with Crippen LogP contribution in [0.25, 0.3) is 33.3 Å². The highest BCUT2D eigenvalue weighted by Crippen LogP contribution is 2.42. The minimum absolute atomic E-state index is 0.0123. The lowest BCUT2D eigenvalue weighted by Gasteiger charge is -2.37. The molecule has 5 atom stereocenters. The smallest absolute Gasteiger partial charge is 0.324 e. The third-order valence-electron chi connectivity index (χ3n) is 13.3. The molecule has 0 radical (unpaired) electrons. The molecule has 3 aliphatic heterocycles. The molecule has 4 aromatic rings. The number of nitriles is 1. The van der Waals surface area contributed by atoms with Crippen LogP contribution < -0.4 is 10.7 Å². The number of fused-ring (bicyclic) bond motifs is 6. The van der Waals surface area contributed by atoms with Gasteiger partial charge in [-0.3, -0.25) is 34.0 Å². The van der Waals surface area contributed by atoms with Gasteiger partial charge in [-0.25, -0.2) is 5.43 Å². The number of pyridine rings is 1. The molecule has 2 fully saturated rings. The number of nitrogens with one attached hydrogen (secondary N) is 2. The van der Waals surface area contributed by atoms with Crippen LogP contribution in [0.3, 0.4) is 0 Å². The average molecular weight is 915 g/mol. The summed E-state index contributed by atoms with van der Waals surface area (Å²) in [6.45, 7) is 13.3. The van der Waals surface area contributed by atoms with Gasteiger partial charge in [0.2, 0.25) is 11.8 Å². The molecule has 0 spiro atoms. The van der Waals surface area contributed by atoms with Gasteiger partial charge in [-0.2, -0.15) is 5.26 Å². The van der Waals surface area contributed by atoms with E-state index in [-0.39, 0.29) is 51.7 Å². The Hall–Kier alpha value is -6.41. The summed E-state index contributed by atoms with van der Waals surface area (Å²) in [6.07, 6.45) is 3.93. The Bertz CT molecular complexity index is 2620. The summed E-state index contributed by atoms with van der Waals surface area (Å²) < 4.78 is 13.9. The van der Waals surface area contributed by atoms with Crippen LogP contribution in [0.5, 0.6) is 0 Å². The van der Waals surface area contributed by atoms with Crippen molar-refractivity contribution < 1.29 is 38.6 Å². The lowest BCUT2D eigenvalue weighted by atomic mass is 9.84. The van der Waals surface area contributed by atoms with Gasteiger partial charge < -0.3 is 34.3 Å². The number of carbonyl (C=O) groups excluding carboxylic acids is 5. The van der Waals surface area contributed by atoms with E-state index in [2.05, 4.69) is 29.5 Å². The molecular formula is C51H62N8O8. The van der Waals surface area contributed by atoms with Crippen LogP contribution in [0.2, 0.25) is 0 Å². The monoisotopic (exact) mass is 914 g/mol. The number of likely N-dealkylation sites (N-methyl/N-ethyl adjacent to an activating group) is 1. The van der Waals surface area contributed by atoms with E-state index in [0.29, 0.717) is 19.3 Å². The number of aromatic nitrogens is 2. The highest BCUT2D eigenvalue weighted by molar-refractivity contribution is 5.97. The van der Waals surface area contributed by atoms with E-state index in [1.807, 2.05) is 73.9 Å². The van der Waals surface area contributed by atoms with Crippen molar-refractivity contribution in [2.24, 2.45) is 11.3 Å². The SMILES string of the molecule is C=CC(=O)N1CCC(O)(C(=O)N(C)[C@H](C(=O)N[C@H]2Cc3cccc(c3)-c3ccc4c(c3)c(c(-c3cccnc3[C@H](C)OC)n4CC#N)CC(C)(C)COC(=O)[C@@H]3CCCN(N3)C2=O)C(C)C)C1. The molecule has 16 heteroatoms. The zero-order valence-electron chi connectivity index (χ0n) is 39.5. The van der Waals surface area contributed by atoms with Crippen LogP contribution in [0.15, 0.2) is 73.4 Å². The van der Waals surface area contributed by atoms with Crippen LogP contribution in [-0.2, 0) is 52.8 Å². The number of likely N-dealkylation sites (tertiary alicyclic amines) is 1. The molecule has 0 aliphatic carbocycles. The van der Waals surface area contributed by atoms with E-state index in [1.165, 1.54) is 21.9 Å². The zero-order valence-corrected chi connectivity index (χ0v) is 39.5. The molecule has 2 saturated heterocycles. The average Bonchev–Trinajstić information content (AvgIpc) is 3.86. The van der Waals surface area contributed by atoms with E-state index in [0.717, 1.165) is 56.2 Å². The molecule has 16 nitrogen and oxygen atoms in total. The first-order valence-electron chi connectivity index (χ1n) is 22.9. The Labute approximate surface area is 391 Å². The Morgan fingerprint density at radius 3 is 2.60 bits per heavy atom. The van der Waals surface area contributed by atoms with E-state index in [9.17, 15) is 34.3 Å². The lowest BCUT2D eigenvalue weighted by molar-refractivity contribution is -0.156. The van der Waals surface area contributed by atoms with Crippen molar-refractivity contribution in [3.8, 4) is 28.5 Å². The summed E-state index contributed by atoms with van der Waals surface area (Å²) in [5, 5.41) is 27.0. The predicted molar refractivity (Wildman–Crippen MR) is 251 cm³/mol. The number of aliphatic hydroxyl groups is 1. The Balaban J connectivity index is 1.31. The van der Waals surface area contributed by atoms with E-state index >= 15 is 0 Å². The fraction of sp³-hybridized carbons (Fsp3) is 0.471. The largest absolute Gasteiger partial charge is 0.464 e. The number of hydrazine groups is 1. The fourth-order valence-electron chi connectivity index (χ4n) is 9.82. The van der Waals surface area contributed by atoms with Crippen molar-refractivity contribution >= 4 is 40.5 Å². The molecule has 2 aromatic heterocycles. The van der Waals surface area contributed by atoms with Crippen LogP contribution in [-0.4, -0.2) is 123 Å². The molecule has 4 amide bonds. The third kappa shape index (κ3) is 10.00. The number of esters is 1. The molecular weight excluding hydrogens is 853 g/mol. The van der Waals surface area contributed by atoms with E-state index in [4.69, 9.17) is 14.5 Å². The number of rotatable bonds is 10. The van der Waals surface area contributed by atoms with Crippen LogP contribution in [0.4, 0.5) is 0 Å². The third-order valence-corrected chi connectivity index (χ3v) is 13.3. The van der Waals surface area contributed by atoms with Gasteiger partial charge >= 0.3 is 5.97 Å². The summed E-state index contributed by atoms with van der Waals surface area (Å²) in [4.78, 5) is 76.7. The first kappa shape index (κ1) is 48.5. The predicted octanol–water partition coefficient (Wildman–Crippen LogP) is 4.88. The van der Waals surface area contributed by atoms with Crippen LogP contribution in [0, 0.1) is 22.7 Å². The Morgan fingerprint density at radius 2 is 1.88 bits per heavy atom. The highest BCUT2D eigenvalue weighted by Gasteiger charge is 2.48. The van der Waals surface area contributed by atoms with Gasteiger partial charge in [0, 0.05) is 68.2 Å². The lowest BCUT2D eigenvalue weighted by Crippen LogP contribution is -2.63. The van der Waals surface area contributed by atoms with Gasteiger partial charge in [0.05, 0.1) is 36.7 Å². The van der Waals surface area contributed by atoms with Gasteiger partial charge in [0.15, 0.2) is 5.60 Å². The molecule has 3 N–H and O–H groups in total. The first-order valence-corrected chi connectivity index (χ1v) is 22.9. The van der Waals surface area contributed by atoms with Gasteiger partial charge in [0.1, 0.15) is 24.7 Å². The quantitative estimate of drug-likeness (QED) is 0.145. The van der Waals surface area contributed by atoms with Crippen molar-refractivity contribution in [2.45, 2.75) is 103 Å². The number of β-amino-alcohol motifs (C(OH)–C–C–N with tert-alkyl or cyclic N) is 1. The number of amides is 4. The topological polar surface area (TPSA) is 199 Å². The van der Waals surface area contributed by atoms with Crippen molar-refractivity contribution in [3.63, 3.8) is 0 Å². The zero-order chi connectivity index (χ0) is 48.4. The number of ether oxygens (including phenoxy) is 2. The maximum Gasteiger partial charge on any atom is 0.324 e. The minimum atomic E-state index is -1.92. The van der Waals surface area contributed by atoms with Crippen molar-refractivity contribution in [2.75, 3.05) is 40.4 Å². The summed E-state index contributed by atoms with van der Waals surface area (Å²) in [7, 11) is 3.08. The number of hydrogen-bond acceptors (Lipinski definition) is 11. The van der Waals surface area contributed by atoms with Crippen LogP contribution >= 0.6 is 0 Å². The Morgan fingerprint density at radius 1 is 1.12 bits per heavy atom. The fourth-order valence-corrected chi connectivity index (χ4v) is 9.82. The minimum Gasteiger partial charge on any atom is -0.464 e. The van der Waals surface area contributed by atoms with E-state index in [1.54, 1.807) is 27.2 Å². The van der Waals surface area contributed by atoms with Gasteiger partial charge in [-0.05, 0) is 84.7 Å². The number of hydrogen-bond donors (Lipinski definition) is 3. The van der Waals surface area contributed by atoms with Gasteiger partial charge in [-0.1, -0.05) is 64.6 Å². The maximum absolute atomic E-state index is 14.7. The summed E-state index contributed by atoms with van der Waals surface area (Å²) in [5.41, 5.74) is 7.25. The van der Waals surface area contributed by atoms with Gasteiger partial charge in [0.25, 0.3) is 11.8 Å². The first-order chi connectivity index (χ1) is 31.9. The van der Waals surface area contributed by atoms with Crippen molar-refractivity contribution in [3.05, 3.63) is 90.3 Å². The molecule has 1 unspecified atom stereocenters. The number of benzene rings is 2. The van der Waals surface area contributed by atoms with Crippen molar-refractivity contribution in [1.29, 1.82) is 5.26 Å². The second-order valence-electron chi connectivity index (χ2n) is 19.2. The normalized spacial score (nSPS) is 21.8. The number of carbonyl (C=O) groups is 5. The van der Waals surface area contributed by atoms with E-state index < -0.39 is 64.7 Å². The second-order valence-corrected chi connectivity index (χ2v) is 19.2. The molecule has 0 saturated carbocycles. The maximum atomic E-state index is 14.7. The second kappa shape index (κ2) is 19.8. The molecule has 7 rings (SSSR count). The number of nitrogens with zero attached hydrogens (tertiary/aromatic N) is 6. The summed E-state index contributed by atoms with van der Waals surface area (Å²) in [5.74, 6) is -3.17. The van der Waals surface area contributed by atoms with Crippen LogP contribution in [0.1, 0.15) is 76.8 Å². The molecule has 6 bridgehead atoms. The molecule has 354 valence electrons. The number of cyclic esters (lactones) is 1. The summed E-state index contributed by atoms with van der Waals surface area (Å²) >= 11 is 0. The number of methoxy groups -OCH3 is 1. The highest BCUT2D eigenvalue weighted by atomic mass is 16.5. The molecule has 67 heavy (non-hydrogen) atoms. The van der Waals surface area contributed by atoms with Gasteiger partial charge in [-0.15, -0.1) is 0 Å². The molecule has 5 heterocycles. The molecule has 2 aromatic carbocycles. The molecule has 3 aliphatic rings. The standard InChI is InChI=1S/C51H62N8O8/c1-9-42(60)57-23-19-51(65,29-57)49(64)56(7)44(31(2)3)46(61)54-40-26-33-13-10-14-34(25-33)35-17-18-41-37(27-35)38(45(58(41)24-20-52)36-15-11-21-53-43(36)32(4)66-8)28-50(5,6)30-67-48(63)39-16-12-22-59(55-39)47(40)62/h9-11,13-15,17-18,21,25,27,31-32,39-40,44,55,65H,1,12,16,19,22-24,26,28-30H2,2-8H3,(H,54,61)/t32-,39-,40-,44-,51?/m0/s1. The van der Waals surface area contributed by atoms with Crippen molar-refractivity contribution in [1.82, 2.24) is 35.1 Å². The summed E-state index contributed by atoms with van der Waals surface area (Å²) in [6, 6.07) is 17.0.